The zero-order chi connectivity index (χ0) is 15.4. The van der Waals surface area contributed by atoms with Crippen molar-refractivity contribution in [3.05, 3.63) is 24.3 Å². The van der Waals surface area contributed by atoms with Crippen LogP contribution in [0.2, 0.25) is 0 Å². The second-order valence-corrected chi connectivity index (χ2v) is 8.41. The fourth-order valence-corrected chi connectivity index (χ4v) is 2.66. The summed E-state index contributed by atoms with van der Waals surface area (Å²) < 4.78 is 28.5. The third-order valence-electron chi connectivity index (χ3n) is 2.72. The third kappa shape index (κ3) is 6.39. The van der Waals surface area contributed by atoms with Gasteiger partial charge in [0.2, 0.25) is 0 Å². The average Bonchev–Trinajstić information content (AvgIpc) is 2.25. The quantitative estimate of drug-likeness (QED) is 0.809. The van der Waals surface area contributed by atoms with Crippen LogP contribution in [-0.4, -0.2) is 46.3 Å². The molecule has 0 spiro atoms. The SMILES string of the molecule is CN(CCOc1cccc(S(C)(=O)=O)c1)CC(C)(C)C. The Hall–Kier alpha value is -1.07. The minimum absolute atomic E-state index is 0.255. The highest BCUT2D eigenvalue weighted by atomic mass is 32.2. The second kappa shape index (κ2) is 6.59. The van der Waals surface area contributed by atoms with E-state index in [1.165, 1.54) is 6.26 Å². The first-order chi connectivity index (χ1) is 9.08. The number of likely N-dealkylation sites (N-methyl/N-ethyl adjacent to an activating group) is 1. The molecule has 0 heterocycles. The van der Waals surface area contributed by atoms with Gasteiger partial charge in [0, 0.05) is 19.3 Å². The fraction of sp³-hybridized carbons (Fsp3) is 0.600. The predicted octanol–water partition coefficient (Wildman–Crippen LogP) is 2.45. The second-order valence-electron chi connectivity index (χ2n) is 6.39. The topological polar surface area (TPSA) is 46.6 Å². The highest BCUT2D eigenvalue weighted by molar-refractivity contribution is 7.90. The monoisotopic (exact) mass is 299 g/mol. The van der Waals surface area contributed by atoms with E-state index in [0.29, 0.717) is 12.4 Å². The smallest absolute Gasteiger partial charge is 0.175 e. The van der Waals surface area contributed by atoms with E-state index in [1.54, 1.807) is 24.3 Å². The van der Waals surface area contributed by atoms with Gasteiger partial charge in [-0.2, -0.15) is 0 Å². The van der Waals surface area contributed by atoms with Gasteiger partial charge >= 0.3 is 0 Å². The molecule has 0 aliphatic rings. The summed E-state index contributed by atoms with van der Waals surface area (Å²) in [6, 6.07) is 6.62. The summed E-state index contributed by atoms with van der Waals surface area (Å²) in [5, 5.41) is 0. The standard InChI is InChI=1S/C15H25NO3S/c1-15(2,3)12-16(4)9-10-19-13-7-6-8-14(11-13)20(5,17)18/h6-8,11H,9-10,12H2,1-5H3. The number of nitrogens with zero attached hydrogens (tertiary/aromatic N) is 1. The Morgan fingerprint density at radius 3 is 2.45 bits per heavy atom. The highest BCUT2D eigenvalue weighted by Crippen LogP contribution is 2.17. The minimum Gasteiger partial charge on any atom is -0.492 e. The van der Waals surface area contributed by atoms with Gasteiger partial charge in [-0.1, -0.05) is 26.8 Å². The van der Waals surface area contributed by atoms with Gasteiger partial charge in [-0.25, -0.2) is 8.42 Å². The molecule has 0 aromatic heterocycles. The summed E-state index contributed by atoms with van der Waals surface area (Å²) in [6.07, 6.45) is 1.20. The van der Waals surface area contributed by atoms with Crippen LogP contribution in [0.15, 0.2) is 29.2 Å². The van der Waals surface area contributed by atoms with E-state index in [0.717, 1.165) is 13.1 Å². The Morgan fingerprint density at radius 2 is 1.90 bits per heavy atom. The van der Waals surface area contributed by atoms with Gasteiger partial charge in [-0.05, 0) is 30.7 Å². The molecule has 0 saturated heterocycles. The van der Waals surface area contributed by atoms with E-state index in [9.17, 15) is 8.42 Å². The Balaban J connectivity index is 2.51. The average molecular weight is 299 g/mol. The van der Waals surface area contributed by atoms with Gasteiger partial charge in [0.1, 0.15) is 12.4 Å². The van der Waals surface area contributed by atoms with Gasteiger partial charge in [-0.3, -0.25) is 0 Å². The van der Waals surface area contributed by atoms with Crippen molar-refractivity contribution in [1.29, 1.82) is 0 Å². The molecule has 5 heteroatoms. The van der Waals surface area contributed by atoms with E-state index in [2.05, 4.69) is 32.7 Å². The summed E-state index contributed by atoms with van der Waals surface area (Å²) in [4.78, 5) is 2.50. The molecular weight excluding hydrogens is 274 g/mol. The summed E-state index contributed by atoms with van der Waals surface area (Å²) in [5.41, 5.74) is 0.255. The van der Waals surface area contributed by atoms with Crippen molar-refractivity contribution >= 4 is 9.84 Å². The predicted molar refractivity (Wildman–Crippen MR) is 82.0 cm³/mol. The molecule has 1 rings (SSSR count). The molecule has 0 aliphatic heterocycles. The lowest BCUT2D eigenvalue weighted by atomic mass is 9.96. The third-order valence-corrected chi connectivity index (χ3v) is 3.83. The lowest BCUT2D eigenvalue weighted by Gasteiger charge is -2.26. The molecule has 0 fully saturated rings. The molecule has 1 aromatic rings. The molecule has 0 N–H and O–H groups in total. The van der Waals surface area contributed by atoms with Gasteiger partial charge in [0.15, 0.2) is 9.84 Å². The van der Waals surface area contributed by atoms with E-state index >= 15 is 0 Å². The number of sulfone groups is 1. The van der Waals surface area contributed by atoms with Crippen LogP contribution in [0.25, 0.3) is 0 Å². The zero-order valence-electron chi connectivity index (χ0n) is 13.0. The summed E-state index contributed by atoms with van der Waals surface area (Å²) in [6.45, 7) is 8.92. The molecule has 0 atom stereocenters. The van der Waals surface area contributed by atoms with E-state index in [1.807, 2.05) is 0 Å². The number of hydrogen-bond acceptors (Lipinski definition) is 4. The van der Waals surface area contributed by atoms with Gasteiger partial charge in [-0.15, -0.1) is 0 Å². The van der Waals surface area contributed by atoms with Crippen molar-refractivity contribution in [2.75, 3.05) is 33.0 Å². The lowest BCUT2D eigenvalue weighted by Crippen LogP contribution is -2.32. The molecule has 0 radical (unpaired) electrons. The van der Waals surface area contributed by atoms with Crippen molar-refractivity contribution in [2.45, 2.75) is 25.7 Å². The number of rotatable bonds is 6. The molecule has 0 bridgehead atoms. The van der Waals surface area contributed by atoms with Gasteiger partial charge in [0.05, 0.1) is 4.90 Å². The molecule has 1 aromatic carbocycles. The first kappa shape index (κ1) is 17.0. The highest BCUT2D eigenvalue weighted by Gasteiger charge is 2.13. The molecule has 0 amide bonds. The van der Waals surface area contributed by atoms with E-state index < -0.39 is 9.84 Å². The maximum absolute atomic E-state index is 11.5. The minimum atomic E-state index is -3.18. The first-order valence-corrected chi connectivity index (χ1v) is 8.58. The normalized spacial score (nSPS) is 12.7. The molecule has 0 aliphatic carbocycles. The zero-order valence-corrected chi connectivity index (χ0v) is 13.8. The largest absolute Gasteiger partial charge is 0.492 e. The van der Waals surface area contributed by atoms with Crippen molar-refractivity contribution in [1.82, 2.24) is 4.90 Å². The molecular formula is C15H25NO3S. The molecule has 114 valence electrons. The maximum Gasteiger partial charge on any atom is 0.175 e. The van der Waals surface area contributed by atoms with Crippen LogP contribution in [0.3, 0.4) is 0 Å². The summed E-state index contributed by atoms with van der Waals surface area (Å²) in [5.74, 6) is 0.595. The lowest BCUT2D eigenvalue weighted by molar-refractivity contribution is 0.188. The molecule has 4 nitrogen and oxygen atoms in total. The van der Waals surface area contributed by atoms with Crippen molar-refractivity contribution in [3.63, 3.8) is 0 Å². The van der Waals surface area contributed by atoms with E-state index in [-0.39, 0.29) is 10.3 Å². The van der Waals surface area contributed by atoms with Crippen molar-refractivity contribution in [2.24, 2.45) is 5.41 Å². The van der Waals surface area contributed by atoms with Gasteiger partial charge in [0.25, 0.3) is 0 Å². The number of ether oxygens (including phenoxy) is 1. The Kier molecular flexibility index (Phi) is 5.59. The van der Waals surface area contributed by atoms with Crippen LogP contribution in [-0.2, 0) is 9.84 Å². The van der Waals surface area contributed by atoms with Crippen LogP contribution in [0, 0.1) is 5.41 Å². The van der Waals surface area contributed by atoms with Crippen LogP contribution < -0.4 is 4.74 Å². The molecule has 20 heavy (non-hydrogen) atoms. The molecule has 0 unspecified atom stereocenters. The van der Waals surface area contributed by atoms with Crippen LogP contribution in [0.1, 0.15) is 20.8 Å². The van der Waals surface area contributed by atoms with Crippen LogP contribution in [0.4, 0.5) is 0 Å². The number of hydrogen-bond donors (Lipinski definition) is 0. The first-order valence-electron chi connectivity index (χ1n) is 6.69. The van der Waals surface area contributed by atoms with Crippen molar-refractivity contribution in [3.8, 4) is 5.75 Å². The van der Waals surface area contributed by atoms with Crippen LogP contribution >= 0.6 is 0 Å². The Labute approximate surface area is 122 Å². The van der Waals surface area contributed by atoms with Crippen LogP contribution in [0.5, 0.6) is 5.75 Å². The van der Waals surface area contributed by atoms with E-state index in [4.69, 9.17) is 4.74 Å². The number of benzene rings is 1. The maximum atomic E-state index is 11.5. The van der Waals surface area contributed by atoms with Crippen molar-refractivity contribution < 1.29 is 13.2 Å². The summed E-state index contributed by atoms with van der Waals surface area (Å²) >= 11 is 0. The van der Waals surface area contributed by atoms with Gasteiger partial charge < -0.3 is 9.64 Å². The summed E-state index contributed by atoms with van der Waals surface area (Å²) in [7, 11) is -1.12. The fourth-order valence-electron chi connectivity index (χ4n) is 2.00. The molecule has 0 saturated carbocycles. The Bertz CT molecular complexity index is 532. The Morgan fingerprint density at radius 1 is 1.25 bits per heavy atom.